The van der Waals surface area contributed by atoms with E-state index >= 15 is 0 Å². The van der Waals surface area contributed by atoms with Crippen molar-refractivity contribution < 1.29 is 4.79 Å². The topological polar surface area (TPSA) is 56.4 Å². The van der Waals surface area contributed by atoms with Crippen molar-refractivity contribution in [3.63, 3.8) is 0 Å². The van der Waals surface area contributed by atoms with Crippen LogP contribution in [0.2, 0.25) is 5.02 Å². The van der Waals surface area contributed by atoms with E-state index in [1.165, 1.54) is 24.8 Å². The quantitative estimate of drug-likeness (QED) is 0.712. The minimum absolute atomic E-state index is 0.0560. The van der Waals surface area contributed by atoms with Gasteiger partial charge in [0.1, 0.15) is 0 Å². The molecule has 3 rings (SSSR count). The van der Waals surface area contributed by atoms with Crippen molar-refractivity contribution in [2.24, 2.45) is 5.92 Å². The number of carbonyl (C=O) groups excluding carboxylic acids is 1. The molecule has 2 saturated heterocycles. The number of benzene rings is 1. The standard InChI is InChI=1S/C20H31ClN4O/c21-18-6-4-17(5-7-18)19(25-12-2-1-3-13-25)15-24-20(26)23-14-16-8-10-22-11-9-16/h4-7,16,19,22H,1-3,8-15H2,(H2,23,24,26). The van der Waals surface area contributed by atoms with E-state index in [9.17, 15) is 4.79 Å². The van der Waals surface area contributed by atoms with Gasteiger partial charge in [0.05, 0.1) is 6.04 Å². The second kappa shape index (κ2) is 10.1. The molecule has 3 N–H and O–H groups in total. The highest BCUT2D eigenvalue weighted by atomic mass is 35.5. The van der Waals surface area contributed by atoms with Crippen LogP contribution in [0, 0.1) is 5.92 Å². The molecule has 2 aliphatic rings. The van der Waals surface area contributed by atoms with Gasteiger partial charge in [0, 0.05) is 18.1 Å². The van der Waals surface area contributed by atoms with Crippen molar-refractivity contribution >= 4 is 17.6 Å². The summed E-state index contributed by atoms with van der Waals surface area (Å²) >= 11 is 6.05. The summed E-state index contributed by atoms with van der Waals surface area (Å²) in [5.74, 6) is 0.594. The van der Waals surface area contributed by atoms with Crippen LogP contribution in [-0.4, -0.2) is 50.2 Å². The second-order valence-electron chi connectivity index (χ2n) is 7.45. The first kappa shape index (κ1) is 19.5. The third-order valence-electron chi connectivity index (χ3n) is 5.55. The minimum atomic E-state index is -0.0560. The van der Waals surface area contributed by atoms with Crippen LogP contribution in [0.1, 0.15) is 43.7 Å². The van der Waals surface area contributed by atoms with Gasteiger partial charge in [-0.3, -0.25) is 4.90 Å². The molecule has 1 unspecified atom stereocenters. The summed E-state index contributed by atoms with van der Waals surface area (Å²) in [5, 5.41) is 10.3. The van der Waals surface area contributed by atoms with Crippen LogP contribution >= 0.6 is 11.6 Å². The maximum Gasteiger partial charge on any atom is 0.314 e. The molecule has 0 bridgehead atoms. The third-order valence-corrected chi connectivity index (χ3v) is 5.80. The van der Waals surface area contributed by atoms with E-state index < -0.39 is 0 Å². The average Bonchev–Trinajstić information content (AvgIpc) is 2.69. The summed E-state index contributed by atoms with van der Waals surface area (Å²) < 4.78 is 0. The van der Waals surface area contributed by atoms with Gasteiger partial charge in [-0.05, 0) is 75.5 Å². The van der Waals surface area contributed by atoms with E-state index in [1.807, 2.05) is 12.1 Å². The van der Waals surface area contributed by atoms with Gasteiger partial charge in [0.25, 0.3) is 0 Å². The van der Waals surface area contributed by atoms with Gasteiger partial charge in [0.2, 0.25) is 0 Å². The fourth-order valence-electron chi connectivity index (χ4n) is 3.95. The minimum Gasteiger partial charge on any atom is -0.338 e. The van der Waals surface area contributed by atoms with Gasteiger partial charge in [-0.2, -0.15) is 0 Å². The summed E-state index contributed by atoms with van der Waals surface area (Å²) in [6.07, 6.45) is 6.04. The Morgan fingerprint density at radius 2 is 1.81 bits per heavy atom. The van der Waals surface area contributed by atoms with E-state index in [1.54, 1.807) is 0 Å². The molecule has 0 aliphatic carbocycles. The number of urea groups is 1. The molecule has 2 amide bonds. The summed E-state index contributed by atoms with van der Waals surface area (Å²) in [5.41, 5.74) is 1.22. The molecular weight excluding hydrogens is 348 g/mol. The van der Waals surface area contributed by atoms with Crippen LogP contribution in [0.5, 0.6) is 0 Å². The Balaban J connectivity index is 1.52. The monoisotopic (exact) mass is 378 g/mol. The molecule has 0 aromatic heterocycles. The first-order chi connectivity index (χ1) is 12.7. The van der Waals surface area contributed by atoms with Gasteiger partial charge in [-0.25, -0.2) is 4.79 Å². The third kappa shape index (κ3) is 5.86. The van der Waals surface area contributed by atoms with Crippen molar-refractivity contribution in [1.82, 2.24) is 20.9 Å². The first-order valence-corrected chi connectivity index (χ1v) is 10.3. The molecule has 26 heavy (non-hydrogen) atoms. The van der Waals surface area contributed by atoms with Gasteiger partial charge in [0.15, 0.2) is 0 Å². The summed E-state index contributed by atoms with van der Waals surface area (Å²) in [6, 6.07) is 8.18. The largest absolute Gasteiger partial charge is 0.338 e. The highest BCUT2D eigenvalue weighted by molar-refractivity contribution is 6.30. The highest BCUT2D eigenvalue weighted by Crippen LogP contribution is 2.25. The van der Waals surface area contributed by atoms with Crippen molar-refractivity contribution in [1.29, 1.82) is 0 Å². The van der Waals surface area contributed by atoms with Crippen molar-refractivity contribution in [2.75, 3.05) is 39.3 Å². The lowest BCUT2D eigenvalue weighted by molar-refractivity contribution is 0.160. The Labute approximate surface area is 161 Å². The van der Waals surface area contributed by atoms with Crippen LogP contribution in [0.3, 0.4) is 0 Å². The predicted molar refractivity (Wildman–Crippen MR) is 107 cm³/mol. The molecule has 1 aromatic carbocycles. The van der Waals surface area contributed by atoms with E-state index in [4.69, 9.17) is 11.6 Å². The number of rotatable bonds is 6. The Kier molecular flexibility index (Phi) is 7.59. The maximum absolute atomic E-state index is 12.3. The Hall–Kier alpha value is -1.30. The fraction of sp³-hybridized carbons (Fsp3) is 0.650. The normalized spacial score (nSPS) is 20.5. The zero-order valence-electron chi connectivity index (χ0n) is 15.5. The van der Waals surface area contributed by atoms with Gasteiger partial charge in [-0.15, -0.1) is 0 Å². The average molecular weight is 379 g/mol. The molecule has 0 spiro atoms. The Morgan fingerprint density at radius 3 is 2.50 bits per heavy atom. The van der Waals surface area contributed by atoms with E-state index in [-0.39, 0.29) is 12.1 Å². The van der Waals surface area contributed by atoms with Gasteiger partial charge >= 0.3 is 6.03 Å². The fourth-order valence-corrected chi connectivity index (χ4v) is 4.07. The van der Waals surface area contributed by atoms with Crippen LogP contribution in [0.4, 0.5) is 4.79 Å². The lowest BCUT2D eigenvalue weighted by Gasteiger charge is -2.35. The maximum atomic E-state index is 12.3. The zero-order valence-corrected chi connectivity index (χ0v) is 16.2. The number of nitrogens with one attached hydrogen (secondary N) is 3. The molecule has 6 heteroatoms. The number of carbonyl (C=O) groups is 1. The molecule has 0 radical (unpaired) electrons. The molecular formula is C20H31ClN4O. The number of hydrogen-bond donors (Lipinski definition) is 3. The van der Waals surface area contributed by atoms with E-state index in [0.717, 1.165) is 50.6 Å². The number of nitrogens with zero attached hydrogens (tertiary/aromatic N) is 1. The molecule has 144 valence electrons. The van der Waals surface area contributed by atoms with Crippen LogP contribution in [0.25, 0.3) is 0 Å². The lowest BCUT2D eigenvalue weighted by Crippen LogP contribution is -2.45. The Bertz CT molecular complexity index is 553. The first-order valence-electron chi connectivity index (χ1n) is 9.94. The molecule has 1 atom stereocenters. The Morgan fingerprint density at radius 1 is 1.12 bits per heavy atom. The van der Waals surface area contributed by atoms with E-state index in [2.05, 4.69) is 33.0 Å². The van der Waals surface area contributed by atoms with Crippen molar-refractivity contribution in [2.45, 2.75) is 38.1 Å². The number of amides is 2. The van der Waals surface area contributed by atoms with Crippen LogP contribution in [0.15, 0.2) is 24.3 Å². The van der Waals surface area contributed by atoms with Crippen molar-refractivity contribution in [3.05, 3.63) is 34.9 Å². The molecule has 0 saturated carbocycles. The second-order valence-corrected chi connectivity index (χ2v) is 7.88. The number of likely N-dealkylation sites (tertiary alicyclic amines) is 1. The molecule has 2 heterocycles. The van der Waals surface area contributed by atoms with Crippen LogP contribution in [-0.2, 0) is 0 Å². The number of hydrogen-bond acceptors (Lipinski definition) is 3. The van der Waals surface area contributed by atoms with Gasteiger partial charge in [-0.1, -0.05) is 30.2 Å². The lowest BCUT2D eigenvalue weighted by atomic mass is 9.98. The zero-order chi connectivity index (χ0) is 18.2. The van der Waals surface area contributed by atoms with Gasteiger partial charge < -0.3 is 16.0 Å². The molecule has 5 nitrogen and oxygen atoms in total. The van der Waals surface area contributed by atoms with Crippen LogP contribution < -0.4 is 16.0 Å². The molecule has 1 aromatic rings. The molecule has 2 aliphatic heterocycles. The summed E-state index contributed by atoms with van der Waals surface area (Å²) in [6.45, 7) is 5.68. The summed E-state index contributed by atoms with van der Waals surface area (Å²) in [7, 11) is 0. The SMILES string of the molecule is O=C(NCC1CCNCC1)NCC(c1ccc(Cl)cc1)N1CCCCC1. The number of halogens is 1. The number of piperidine rings is 2. The highest BCUT2D eigenvalue weighted by Gasteiger charge is 2.23. The smallest absolute Gasteiger partial charge is 0.314 e. The van der Waals surface area contributed by atoms with Crippen molar-refractivity contribution in [3.8, 4) is 0 Å². The predicted octanol–water partition coefficient (Wildman–Crippen LogP) is 3.17. The van der Waals surface area contributed by atoms with E-state index in [0.29, 0.717) is 12.5 Å². The molecule has 2 fully saturated rings. The summed E-state index contributed by atoms with van der Waals surface area (Å²) in [4.78, 5) is 14.8.